The summed E-state index contributed by atoms with van der Waals surface area (Å²) in [5.74, 6) is -0.999. The second-order valence-corrected chi connectivity index (χ2v) is 5.97. The van der Waals surface area contributed by atoms with E-state index in [0.29, 0.717) is 0 Å². The van der Waals surface area contributed by atoms with Crippen LogP contribution in [-0.2, 0) is 16.1 Å². The van der Waals surface area contributed by atoms with Gasteiger partial charge in [-0.15, -0.1) is 11.3 Å². The van der Waals surface area contributed by atoms with Gasteiger partial charge in [0, 0.05) is 17.1 Å². The molecule has 0 fully saturated rings. The molecular formula is C18H16N2O3S. The first-order valence-electron chi connectivity index (χ1n) is 7.30. The summed E-state index contributed by atoms with van der Waals surface area (Å²) < 4.78 is 6.71. The third-order valence-electron chi connectivity index (χ3n) is 3.50. The van der Waals surface area contributed by atoms with E-state index in [9.17, 15) is 9.90 Å². The van der Waals surface area contributed by atoms with Gasteiger partial charge in [-0.2, -0.15) is 0 Å². The van der Waals surface area contributed by atoms with Crippen molar-refractivity contribution in [1.29, 1.82) is 0 Å². The van der Waals surface area contributed by atoms with E-state index in [0.717, 1.165) is 22.0 Å². The van der Waals surface area contributed by atoms with Crippen LogP contribution in [0.1, 0.15) is 0 Å². The molecule has 0 amide bonds. The molecule has 1 N–H and O–H groups in total. The van der Waals surface area contributed by atoms with Gasteiger partial charge < -0.3 is 14.4 Å². The first-order valence-corrected chi connectivity index (χ1v) is 8.18. The summed E-state index contributed by atoms with van der Waals surface area (Å²) in [6, 6.07) is 13.8. The number of hydrogen-bond donors (Lipinski definition) is 1. The van der Waals surface area contributed by atoms with Gasteiger partial charge in [0.15, 0.2) is 0 Å². The van der Waals surface area contributed by atoms with E-state index in [4.69, 9.17) is 4.74 Å². The van der Waals surface area contributed by atoms with Crippen LogP contribution < -0.4 is 0 Å². The number of benzene rings is 1. The lowest BCUT2D eigenvalue weighted by molar-refractivity contribution is -0.133. The van der Waals surface area contributed by atoms with Gasteiger partial charge in [-0.25, -0.2) is 9.78 Å². The number of rotatable bonds is 6. The van der Waals surface area contributed by atoms with Gasteiger partial charge in [-0.3, -0.25) is 0 Å². The molecule has 3 rings (SSSR count). The summed E-state index contributed by atoms with van der Waals surface area (Å²) in [4.78, 5) is 16.0. The second-order valence-electron chi connectivity index (χ2n) is 5.11. The van der Waals surface area contributed by atoms with E-state index in [1.165, 1.54) is 24.7 Å². The van der Waals surface area contributed by atoms with Gasteiger partial charge >= 0.3 is 5.97 Å². The quantitative estimate of drug-likeness (QED) is 0.546. The predicted octanol–water partition coefficient (Wildman–Crippen LogP) is 3.89. The molecule has 0 bridgehead atoms. The van der Waals surface area contributed by atoms with Crippen LogP contribution in [-0.4, -0.2) is 27.7 Å². The summed E-state index contributed by atoms with van der Waals surface area (Å²) >= 11 is 1.54. The van der Waals surface area contributed by atoms with E-state index in [1.807, 2.05) is 58.6 Å². The lowest BCUT2D eigenvalue weighted by atomic mass is 10.2. The summed E-state index contributed by atoms with van der Waals surface area (Å²) in [5, 5.41) is 12.1. The molecule has 0 aliphatic heterocycles. The first-order chi connectivity index (χ1) is 11.7. The van der Waals surface area contributed by atoms with Crippen LogP contribution in [0.15, 0.2) is 65.9 Å². The molecule has 0 saturated carbocycles. The fourth-order valence-corrected chi connectivity index (χ4v) is 3.23. The highest BCUT2D eigenvalue weighted by atomic mass is 32.1. The van der Waals surface area contributed by atoms with Crippen molar-refractivity contribution in [3.63, 3.8) is 0 Å². The molecule has 2 aromatic heterocycles. The first kappa shape index (κ1) is 16.0. The second kappa shape index (κ2) is 7.14. The third kappa shape index (κ3) is 3.38. The summed E-state index contributed by atoms with van der Waals surface area (Å²) in [6.45, 7) is 0.214. The van der Waals surface area contributed by atoms with Gasteiger partial charge in [0.2, 0.25) is 0 Å². The SMILES string of the molecule is CO/C=C(/Cn1cccc1-c1nc(-c2ccccc2)cs1)C(=O)O. The molecule has 122 valence electrons. The smallest absolute Gasteiger partial charge is 0.336 e. The Kier molecular flexibility index (Phi) is 4.77. The summed E-state index contributed by atoms with van der Waals surface area (Å²) in [7, 11) is 1.44. The molecule has 0 radical (unpaired) electrons. The molecule has 3 aromatic rings. The zero-order valence-corrected chi connectivity index (χ0v) is 13.9. The average molecular weight is 340 g/mol. The van der Waals surface area contributed by atoms with E-state index in [-0.39, 0.29) is 12.1 Å². The van der Waals surface area contributed by atoms with Crippen molar-refractivity contribution in [1.82, 2.24) is 9.55 Å². The minimum absolute atomic E-state index is 0.176. The van der Waals surface area contributed by atoms with Crippen LogP contribution in [0.5, 0.6) is 0 Å². The predicted molar refractivity (Wildman–Crippen MR) is 93.7 cm³/mol. The molecule has 0 spiro atoms. The van der Waals surface area contributed by atoms with Crippen molar-refractivity contribution < 1.29 is 14.6 Å². The largest absolute Gasteiger partial charge is 0.504 e. The standard InChI is InChI=1S/C18H16N2O3S/c1-23-11-14(18(21)22)10-20-9-5-8-16(20)17-19-15(12-24-17)13-6-3-2-4-7-13/h2-9,11-12H,10H2,1H3,(H,21,22)/b14-11-. The molecule has 5 nitrogen and oxygen atoms in total. The van der Waals surface area contributed by atoms with Crippen molar-refractivity contribution in [2.24, 2.45) is 0 Å². The number of hydrogen-bond acceptors (Lipinski definition) is 4. The van der Waals surface area contributed by atoms with Crippen LogP contribution in [0.3, 0.4) is 0 Å². The Morgan fingerprint density at radius 2 is 2.08 bits per heavy atom. The Balaban J connectivity index is 1.90. The Morgan fingerprint density at radius 1 is 1.29 bits per heavy atom. The topological polar surface area (TPSA) is 64.4 Å². The van der Waals surface area contributed by atoms with E-state index in [1.54, 1.807) is 0 Å². The molecule has 0 unspecified atom stereocenters. The van der Waals surface area contributed by atoms with Crippen LogP contribution in [0.4, 0.5) is 0 Å². The Labute approximate surface area is 143 Å². The van der Waals surface area contributed by atoms with E-state index in [2.05, 4.69) is 4.98 Å². The molecule has 2 heterocycles. The maximum Gasteiger partial charge on any atom is 0.336 e. The number of carboxylic acid groups (broad SMARTS) is 1. The van der Waals surface area contributed by atoms with Crippen molar-refractivity contribution in [3.05, 3.63) is 65.9 Å². The van der Waals surface area contributed by atoms with Crippen molar-refractivity contribution in [3.8, 4) is 22.0 Å². The maximum absolute atomic E-state index is 11.3. The number of nitrogens with zero attached hydrogens (tertiary/aromatic N) is 2. The van der Waals surface area contributed by atoms with Crippen molar-refractivity contribution in [2.75, 3.05) is 7.11 Å². The lowest BCUT2D eigenvalue weighted by Crippen LogP contribution is -2.10. The number of carboxylic acids is 1. The summed E-state index contributed by atoms with van der Waals surface area (Å²) in [6.07, 6.45) is 3.09. The van der Waals surface area contributed by atoms with Gasteiger partial charge in [-0.05, 0) is 12.1 Å². The molecule has 24 heavy (non-hydrogen) atoms. The number of thiazole rings is 1. The van der Waals surface area contributed by atoms with E-state index >= 15 is 0 Å². The molecule has 0 aliphatic rings. The Bertz CT molecular complexity index is 865. The normalized spacial score (nSPS) is 11.5. The highest BCUT2D eigenvalue weighted by molar-refractivity contribution is 7.13. The van der Waals surface area contributed by atoms with Crippen molar-refractivity contribution >= 4 is 17.3 Å². The monoisotopic (exact) mass is 340 g/mol. The van der Waals surface area contributed by atoms with Crippen LogP contribution in [0, 0.1) is 0 Å². The van der Waals surface area contributed by atoms with Gasteiger partial charge in [0.05, 0.1) is 36.9 Å². The average Bonchev–Trinajstić information content (AvgIpc) is 3.24. The molecule has 0 atom stereocenters. The lowest BCUT2D eigenvalue weighted by Gasteiger charge is -2.08. The fraction of sp³-hybridized carbons (Fsp3) is 0.111. The molecular weight excluding hydrogens is 324 g/mol. The molecule has 0 aliphatic carbocycles. The molecule has 6 heteroatoms. The van der Waals surface area contributed by atoms with Crippen LogP contribution in [0.25, 0.3) is 22.0 Å². The molecule has 0 saturated heterocycles. The van der Waals surface area contributed by atoms with Gasteiger partial charge in [-0.1, -0.05) is 30.3 Å². The number of aromatic nitrogens is 2. The highest BCUT2D eigenvalue weighted by Gasteiger charge is 2.14. The fourth-order valence-electron chi connectivity index (χ4n) is 2.36. The van der Waals surface area contributed by atoms with Crippen molar-refractivity contribution in [2.45, 2.75) is 6.54 Å². The van der Waals surface area contributed by atoms with Crippen LogP contribution in [0.2, 0.25) is 0 Å². The maximum atomic E-state index is 11.3. The Hall–Kier alpha value is -2.86. The summed E-state index contributed by atoms with van der Waals surface area (Å²) in [5.41, 5.74) is 3.03. The number of aliphatic carboxylic acids is 1. The number of ether oxygens (including phenoxy) is 1. The van der Waals surface area contributed by atoms with Gasteiger partial charge in [0.1, 0.15) is 5.01 Å². The third-order valence-corrected chi connectivity index (χ3v) is 4.36. The minimum atomic E-state index is -0.999. The van der Waals surface area contributed by atoms with E-state index < -0.39 is 5.97 Å². The number of carbonyl (C=O) groups is 1. The molecule has 1 aromatic carbocycles. The van der Waals surface area contributed by atoms with Gasteiger partial charge in [0.25, 0.3) is 0 Å². The Morgan fingerprint density at radius 3 is 2.79 bits per heavy atom. The van der Waals surface area contributed by atoms with Crippen LogP contribution >= 0.6 is 11.3 Å². The highest BCUT2D eigenvalue weighted by Crippen LogP contribution is 2.29. The zero-order valence-electron chi connectivity index (χ0n) is 13.0. The minimum Gasteiger partial charge on any atom is -0.504 e. The number of methoxy groups -OCH3 is 1. The zero-order chi connectivity index (χ0) is 16.9.